The maximum Gasteiger partial charge on any atom is 0.276 e. The van der Waals surface area contributed by atoms with Gasteiger partial charge in [0.1, 0.15) is 0 Å². The van der Waals surface area contributed by atoms with Crippen LogP contribution in [0.5, 0.6) is 0 Å². The molecule has 74 valence electrons. The van der Waals surface area contributed by atoms with Crippen LogP contribution < -0.4 is 15.2 Å². The largest absolute Gasteiger partial charge is 0.329 e. The van der Waals surface area contributed by atoms with Gasteiger partial charge in [0, 0.05) is 19.6 Å². The van der Waals surface area contributed by atoms with Crippen molar-refractivity contribution in [2.24, 2.45) is 11.7 Å². The zero-order valence-electron chi connectivity index (χ0n) is 7.66. The Kier molecular flexibility index (Phi) is 4.69. The minimum atomic E-state index is -3.36. The first-order valence-corrected chi connectivity index (χ1v) is 5.32. The second-order valence-electron chi connectivity index (χ2n) is 2.91. The van der Waals surface area contributed by atoms with Crippen molar-refractivity contribution in [3.8, 4) is 0 Å². The van der Waals surface area contributed by atoms with Crippen molar-refractivity contribution in [3.05, 3.63) is 0 Å². The van der Waals surface area contributed by atoms with E-state index in [0.717, 1.165) is 0 Å². The van der Waals surface area contributed by atoms with Gasteiger partial charge < -0.3 is 5.73 Å². The van der Waals surface area contributed by atoms with Crippen molar-refractivity contribution in [3.63, 3.8) is 0 Å². The van der Waals surface area contributed by atoms with E-state index in [1.165, 1.54) is 7.05 Å². The van der Waals surface area contributed by atoms with Crippen LogP contribution in [0.15, 0.2) is 0 Å². The molecule has 0 saturated heterocycles. The molecule has 0 aromatic carbocycles. The van der Waals surface area contributed by atoms with Crippen LogP contribution in [-0.2, 0) is 10.2 Å². The number of nitrogens with two attached hydrogens (primary N) is 1. The standard InChI is InChI=1S/C6H17N3O2S/c1-5(2)6(4-7)9-12(10,11)8-3/h5-6,8-9H,4,7H2,1-3H3. The van der Waals surface area contributed by atoms with Gasteiger partial charge in [-0.25, -0.2) is 4.72 Å². The quantitative estimate of drug-likeness (QED) is 0.527. The van der Waals surface area contributed by atoms with Gasteiger partial charge in [0.05, 0.1) is 0 Å². The van der Waals surface area contributed by atoms with E-state index in [-0.39, 0.29) is 12.0 Å². The summed E-state index contributed by atoms with van der Waals surface area (Å²) in [6.07, 6.45) is 0. The molecule has 4 N–H and O–H groups in total. The molecule has 0 amide bonds. The molecule has 0 radical (unpaired) electrons. The molecule has 0 rings (SSSR count). The number of rotatable bonds is 5. The first kappa shape index (κ1) is 11.8. The van der Waals surface area contributed by atoms with Crippen LogP contribution in [0.2, 0.25) is 0 Å². The van der Waals surface area contributed by atoms with Crippen LogP contribution in [0.4, 0.5) is 0 Å². The van der Waals surface area contributed by atoms with Gasteiger partial charge >= 0.3 is 0 Å². The lowest BCUT2D eigenvalue weighted by atomic mass is 10.1. The minimum Gasteiger partial charge on any atom is -0.329 e. The Hall–Kier alpha value is -0.170. The topological polar surface area (TPSA) is 84.2 Å². The zero-order valence-corrected chi connectivity index (χ0v) is 8.48. The molecule has 5 nitrogen and oxygen atoms in total. The third-order valence-electron chi connectivity index (χ3n) is 1.63. The van der Waals surface area contributed by atoms with E-state index in [4.69, 9.17) is 5.73 Å². The molecule has 0 saturated carbocycles. The van der Waals surface area contributed by atoms with Crippen molar-refractivity contribution in [2.75, 3.05) is 13.6 Å². The summed E-state index contributed by atoms with van der Waals surface area (Å²) >= 11 is 0. The van der Waals surface area contributed by atoms with Crippen LogP contribution in [-0.4, -0.2) is 28.1 Å². The molecular formula is C6H17N3O2S. The van der Waals surface area contributed by atoms with Gasteiger partial charge in [0.15, 0.2) is 0 Å². The normalized spacial score (nSPS) is 15.1. The molecule has 1 unspecified atom stereocenters. The van der Waals surface area contributed by atoms with Crippen LogP contribution in [0.25, 0.3) is 0 Å². The molecule has 0 aromatic rings. The summed E-state index contributed by atoms with van der Waals surface area (Å²) in [6, 6.07) is -0.206. The first-order chi connectivity index (χ1) is 5.43. The highest BCUT2D eigenvalue weighted by atomic mass is 32.2. The van der Waals surface area contributed by atoms with Crippen LogP contribution in [0, 0.1) is 5.92 Å². The second kappa shape index (κ2) is 4.76. The molecule has 0 aromatic heterocycles. The third kappa shape index (κ3) is 4.01. The van der Waals surface area contributed by atoms with Crippen LogP contribution >= 0.6 is 0 Å². The Labute approximate surface area is 73.9 Å². The van der Waals surface area contributed by atoms with Crippen molar-refractivity contribution in [2.45, 2.75) is 19.9 Å². The summed E-state index contributed by atoms with van der Waals surface area (Å²) < 4.78 is 26.6. The lowest BCUT2D eigenvalue weighted by Gasteiger charge is -2.19. The van der Waals surface area contributed by atoms with Crippen molar-refractivity contribution < 1.29 is 8.42 Å². The van der Waals surface area contributed by atoms with E-state index < -0.39 is 10.2 Å². The van der Waals surface area contributed by atoms with Gasteiger partial charge in [-0.05, 0) is 5.92 Å². The van der Waals surface area contributed by atoms with Gasteiger partial charge in [0.25, 0.3) is 10.2 Å². The zero-order chi connectivity index (χ0) is 9.78. The molecule has 0 bridgehead atoms. The summed E-state index contributed by atoms with van der Waals surface area (Å²) in [5.41, 5.74) is 5.38. The molecule has 0 aliphatic rings. The average molecular weight is 195 g/mol. The van der Waals surface area contributed by atoms with E-state index in [1.54, 1.807) is 0 Å². The Morgan fingerprint density at radius 2 is 1.92 bits per heavy atom. The fourth-order valence-electron chi connectivity index (χ4n) is 0.715. The second-order valence-corrected chi connectivity index (χ2v) is 4.56. The summed E-state index contributed by atoms with van der Waals surface area (Å²) in [6.45, 7) is 4.13. The van der Waals surface area contributed by atoms with Crippen molar-refractivity contribution >= 4 is 10.2 Å². The molecule has 0 fully saturated rings. The highest BCUT2D eigenvalue weighted by Gasteiger charge is 2.17. The average Bonchev–Trinajstić information content (AvgIpc) is 2.00. The molecule has 6 heteroatoms. The van der Waals surface area contributed by atoms with Crippen LogP contribution in [0.3, 0.4) is 0 Å². The summed E-state index contributed by atoms with van der Waals surface area (Å²) in [7, 11) is -2.00. The predicted molar refractivity (Wildman–Crippen MR) is 48.8 cm³/mol. The molecule has 0 spiro atoms. The molecule has 0 aliphatic heterocycles. The lowest BCUT2D eigenvalue weighted by Crippen LogP contribution is -2.47. The first-order valence-electron chi connectivity index (χ1n) is 3.83. The fraction of sp³-hybridized carbons (Fsp3) is 1.00. The molecular weight excluding hydrogens is 178 g/mol. The van der Waals surface area contributed by atoms with E-state index in [9.17, 15) is 8.42 Å². The van der Waals surface area contributed by atoms with Gasteiger partial charge in [0.2, 0.25) is 0 Å². The Bertz CT molecular complexity index is 213. The van der Waals surface area contributed by atoms with E-state index in [0.29, 0.717) is 6.54 Å². The van der Waals surface area contributed by atoms with E-state index in [1.807, 2.05) is 13.8 Å². The van der Waals surface area contributed by atoms with E-state index in [2.05, 4.69) is 9.44 Å². The lowest BCUT2D eigenvalue weighted by molar-refractivity contribution is 0.452. The summed E-state index contributed by atoms with van der Waals surface area (Å²) in [5, 5.41) is 0. The number of nitrogens with one attached hydrogen (secondary N) is 2. The van der Waals surface area contributed by atoms with Gasteiger partial charge in [-0.1, -0.05) is 13.8 Å². The highest BCUT2D eigenvalue weighted by molar-refractivity contribution is 7.87. The smallest absolute Gasteiger partial charge is 0.276 e. The molecule has 1 atom stereocenters. The molecule has 12 heavy (non-hydrogen) atoms. The number of hydrogen-bond acceptors (Lipinski definition) is 3. The number of hydrogen-bond donors (Lipinski definition) is 3. The molecule has 0 aliphatic carbocycles. The SMILES string of the molecule is CNS(=O)(=O)NC(CN)C(C)C. The summed E-state index contributed by atoms with van der Waals surface area (Å²) in [5.74, 6) is 0.193. The Morgan fingerprint density at radius 3 is 2.17 bits per heavy atom. The highest BCUT2D eigenvalue weighted by Crippen LogP contribution is 2.00. The van der Waals surface area contributed by atoms with Gasteiger partial charge in [-0.3, -0.25) is 0 Å². The van der Waals surface area contributed by atoms with Crippen molar-refractivity contribution in [1.29, 1.82) is 0 Å². The molecule has 0 heterocycles. The maximum atomic E-state index is 11.0. The fourth-order valence-corrected chi connectivity index (χ4v) is 1.60. The monoisotopic (exact) mass is 195 g/mol. The van der Waals surface area contributed by atoms with Crippen molar-refractivity contribution in [1.82, 2.24) is 9.44 Å². The Balaban J connectivity index is 4.22. The summed E-state index contributed by atoms with van der Waals surface area (Å²) in [4.78, 5) is 0. The predicted octanol–water partition coefficient (Wildman–Crippen LogP) is -0.976. The third-order valence-corrected chi connectivity index (χ3v) is 2.78. The Morgan fingerprint density at radius 1 is 1.42 bits per heavy atom. The maximum absolute atomic E-state index is 11.0. The minimum absolute atomic E-state index is 0.193. The van der Waals surface area contributed by atoms with Gasteiger partial charge in [-0.2, -0.15) is 13.1 Å². The van der Waals surface area contributed by atoms with Crippen LogP contribution in [0.1, 0.15) is 13.8 Å². The van der Waals surface area contributed by atoms with Gasteiger partial charge in [-0.15, -0.1) is 0 Å². The van der Waals surface area contributed by atoms with E-state index >= 15 is 0 Å².